The first-order chi connectivity index (χ1) is 6.88. The van der Waals surface area contributed by atoms with Crippen LogP contribution in [-0.2, 0) is 22.7 Å². The van der Waals surface area contributed by atoms with Crippen molar-refractivity contribution < 1.29 is 19.0 Å². The minimum Gasteiger partial charge on any atom is -0.461 e. The quantitative estimate of drug-likeness (QED) is 0.786. The number of hydrogen-bond donors (Lipinski definition) is 1. The molecule has 1 aromatic heterocycles. The average Bonchev–Trinajstić information content (AvgIpc) is 2.86. The van der Waals surface area contributed by atoms with Crippen LogP contribution in [0.5, 0.6) is 0 Å². The Kier molecular flexibility index (Phi) is 3.18. The Morgan fingerprint density at radius 3 is 2.93 bits per heavy atom. The molecule has 1 aliphatic heterocycles. The Labute approximate surface area is 82.4 Å². The Bertz CT molecular complexity index is 275. The monoisotopic (exact) mass is 198 g/mol. The predicted molar refractivity (Wildman–Crippen MR) is 48.6 cm³/mol. The molecule has 1 unspecified atom stereocenters. The van der Waals surface area contributed by atoms with Crippen molar-refractivity contribution in [3.63, 3.8) is 0 Å². The minimum absolute atomic E-state index is 0.0630. The highest BCUT2D eigenvalue weighted by molar-refractivity contribution is 5.05. The van der Waals surface area contributed by atoms with Crippen LogP contribution >= 0.6 is 0 Å². The maximum Gasteiger partial charge on any atom is 0.130 e. The number of rotatable bonds is 4. The molecule has 14 heavy (non-hydrogen) atoms. The molecule has 0 bridgehead atoms. The molecule has 1 aliphatic rings. The maximum atomic E-state index is 8.78. The lowest BCUT2D eigenvalue weighted by molar-refractivity contribution is 0.0225. The van der Waals surface area contributed by atoms with Crippen molar-refractivity contribution in [2.24, 2.45) is 0 Å². The van der Waals surface area contributed by atoms with Gasteiger partial charge in [-0.3, -0.25) is 0 Å². The maximum absolute atomic E-state index is 8.78. The Morgan fingerprint density at radius 2 is 2.29 bits per heavy atom. The molecule has 1 aromatic rings. The zero-order valence-electron chi connectivity index (χ0n) is 7.94. The second kappa shape index (κ2) is 4.59. The first-order valence-electron chi connectivity index (χ1n) is 4.76. The number of hydrogen-bond acceptors (Lipinski definition) is 4. The summed E-state index contributed by atoms with van der Waals surface area (Å²) in [6.45, 7) is 1.85. The summed E-state index contributed by atoms with van der Waals surface area (Å²) in [7, 11) is 0. The standard InChI is InChI=1S/C10H14O4/c11-5-8-1-2-10(14-8)7-13-9-3-4-12-6-9/h1-2,9,11H,3-7H2. The Balaban J connectivity index is 1.79. The van der Waals surface area contributed by atoms with Crippen molar-refractivity contribution in [1.29, 1.82) is 0 Å². The SMILES string of the molecule is OCc1ccc(COC2CCOC2)o1. The third kappa shape index (κ3) is 2.35. The van der Waals surface area contributed by atoms with E-state index >= 15 is 0 Å². The van der Waals surface area contributed by atoms with E-state index in [9.17, 15) is 0 Å². The summed E-state index contributed by atoms with van der Waals surface area (Å²) in [5, 5.41) is 8.78. The van der Waals surface area contributed by atoms with E-state index in [1.165, 1.54) is 0 Å². The molecule has 1 atom stereocenters. The van der Waals surface area contributed by atoms with Crippen LogP contribution in [0.15, 0.2) is 16.5 Å². The molecule has 4 nitrogen and oxygen atoms in total. The fourth-order valence-electron chi connectivity index (χ4n) is 1.43. The molecule has 78 valence electrons. The molecule has 0 saturated carbocycles. The van der Waals surface area contributed by atoms with E-state index in [4.69, 9.17) is 19.0 Å². The van der Waals surface area contributed by atoms with Crippen molar-refractivity contribution in [2.45, 2.75) is 25.7 Å². The summed E-state index contributed by atoms with van der Waals surface area (Å²) in [6, 6.07) is 3.57. The highest BCUT2D eigenvalue weighted by atomic mass is 16.5. The van der Waals surface area contributed by atoms with Crippen LogP contribution in [0.25, 0.3) is 0 Å². The van der Waals surface area contributed by atoms with Crippen molar-refractivity contribution in [3.8, 4) is 0 Å². The molecule has 1 fully saturated rings. The summed E-state index contributed by atoms with van der Waals surface area (Å²) in [4.78, 5) is 0. The average molecular weight is 198 g/mol. The van der Waals surface area contributed by atoms with Crippen LogP contribution in [0.4, 0.5) is 0 Å². The molecule has 1 saturated heterocycles. The van der Waals surface area contributed by atoms with Gasteiger partial charge >= 0.3 is 0 Å². The minimum atomic E-state index is -0.0630. The topological polar surface area (TPSA) is 51.8 Å². The van der Waals surface area contributed by atoms with Gasteiger partial charge in [-0.15, -0.1) is 0 Å². The van der Waals surface area contributed by atoms with Gasteiger partial charge in [-0.05, 0) is 18.6 Å². The lowest BCUT2D eigenvalue weighted by Crippen LogP contribution is -2.11. The highest BCUT2D eigenvalue weighted by Crippen LogP contribution is 2.13. The van der Waals surface area contributed by atoms with Gasteiger partial charge < -0.3 is 19.0 Å². The summed E-state index contributed by atoms with van der Waals surface area (Å²) in [5.74, 6) is 1.33. The summed E-state index contributed by atoms with van der Waals surface area (Å²) >= 11 is 0. The highest BCUT2D eigenvalue weighted by Gasteiger charge is 2.16. The molecule has 2 rings (SSSR count). The van der Waals surface area contributed by atoms with Crippen molar-refractivity contribution in [2.75, 3.05) is 13.2 Å². The zero-order chi connectivity index (χ0) is 9.80. The van der Waals surface area contributed by atoms with Gasteiger partial charge in [0, 0.05) is 6.61 Å². The van der Waals surface area contributed by atoms with Gasteiger partial charge in [0.2, 0.25) is 0 Å². The largest absolute Gasteiger partial charge is 0.461 e. The molecule has 0 amide bonds. The van der Waals surface area contributed by atoms with Gasteiger partial charge in [0.1, 0.15) is 24.7 Å². The number of aliphatic hydroxyl groups is 1. The molecule has 1 N–H and O–H groups in total. The van der Waals surface area contributed by atoms with Crippen LogP contribution < -0.4 is 0 Å². The van der Waals surface area contributed by atoms with E-state index in [0.29, 0.717) is 19.0 Å². The number of ether oxygens (including phenoxy) is 2. The van der Waals surface area contributed by atoms with Crippen LogP contribution in [0.2, 0.25) is 0 Å². The molecule has 0 aliphatic carbocycles. The second-order valence-electron chi connectivity index (χ2n) is 3.32. The molecule has 0 radical (unpaired) electrons. The molecular weight excluding hydrogens is 184 g/mol. The lowest BCUT2D eigenvalue weighted by Gasteiger charge is -2.07. The predicted octanol–water partition coefficient (Wildman–Crippen LogP) is 1.08. The second-order valence-corrected chi connectivity index (χ2v) is 3.32. The molecule has 0 aromatic carbocycles. The molecule has 0 spiro atoms. The van der Waals surface area contributed by atoms with E-state index in [-0.39, 0.29) is 12.7 Å². The number of aliphatic hydroxyl groups excluding tert-OH is 1. The van der Waals surface area contributed by atoms with Crippen molar-refractivity contribution >= 4 is 0 Å². The van der Waals surface area contributed by atoms with Crippen LogP contribution in [0, 0.1) is 0 Å². The van der Waals surface area contributed by atoms with Gasteiger partial charge in [-0.1, -0.05) is 0 Å². The summed E-state index contributed by atoms with van der Waals surface area (Å²) in [6.07, 6.45) is 1.14. The fourth-order valence-corrected chi connectivity index (χ4v) is 1.43. The first kappa shape index (κ1) is 9.71. The smallest absolute Gasteiger partial charge is 0.130 e. The van der Waals surface area contributed by atoms with Gasteiger partial charge in [-0.25, -0.2) is 0 Å². The van der Waals surface area contributed by atoms with E-state index in [1.807, 2.05) is 6.07 Å². The first-order valence-corrected chi connectivity index (χ1v) is 4.76. The molecule has 4 heteroatoms. The van der Waals surface area contributed by atoms with E-state index in [1.54, 1.807) is 6.07 Å². The van der Waals surface area contributed by atoms with Crippen LogP contribution in [0.3, 0.4) is 0 Å². The van der Waals surface area contributed by atoms with E-state index in [0.717, 1.165) is 18.8 Å². The van der Waals surface area contributed by atoms with E-state index in [2.05, 4.69) is 0 Å². The number of furan rings is 1. The van der Waals surface area contributed by atoms with Crippen molar-refractivity contribution in [3.05, 3.63) is 23.7 Å². The van der Waals surface area contributed by atoms with E-state index < -0.39 is 0 Å². The Morgan fingerprint density at radius 1 is 1.43 bits per heavy atom. The Hall–Kier alpha value is -0.840. The summed E-state index contributed by atoms with van der Waals surface area (Å²) in [5.41, 5.74) is 0. The third-order valence-electron chi connectivity index (χ3n) is 2.22. The zero-order valence-corrected chi connectivity index (χ0v) is 7.94. The van der Waals surface area contributed by atoms with Gasteiger partial charge in [0.15, 0.2) is 0 Å². The van der Waals surface area contributed by atoms with Gasteiger partial charge in [0.25, 0.3) is 0 Å². The molecular formula is C10H14O4. The van der Waals surface area contributed by atoms with Gasteiger partial charge in [0.05, 0.1) is 12.7 Å². The van der Waals surface area contributed by atoms with Crippen LogP contribution in [-0.4, -0.2) is 24.4 Å². The molecule has 2 heterocycles. The fraction of sp³-hybridized carbons (Fsp3) is 0.600. The van der Waals surface area contributed by atoms with Crippen LogP contribution in [0.1, 0.15) is 17.9 Å². The lowest BCUT2D eigenvalue weighted by atomic mass is 10.3. The normalized spacial score (nSPS) is 21.6. The summed E-state index contributed by atoms with van der Waals surface area (Å²) < 4.78 is 16.0. The third-order valence-corrected chi connectivity index (χ3v) is 2.22. The van der Waals surface area contributed by atoms with Gasteiger partial charge in [-0.2, -0.15) is 0 Å². The van der Waals surface area contributed by atoms with Crippen molar-refractivity contribution in [1.82, 2.24) is 0 Å².